The molecule has 0 bridgehead atoms. The van der Waals surface area contributed by atoms with Crippen molar-refractivity contribution in [3.05, 3.63) is 24.3 Å². The van der Waals surface area contributed by atoms with Gasteiger partial charge >= 0.3 is 0 Å². The zero-order valence-electron chi connectivity index (χ0n) is 9.16. The summed E-state index contributed by atoms with van der Waals surface area (Å²) < 4.78 is 43.0. The van der Waals surface area contributed by atoms with E-state index in [4.69, 9.17) is 9.47 Å². The Balaban J connectivity index is 2.03. The van der Waals surface area contributed by atoms with Crippen LogP contribution in [-0.4, -0.2) is 25.9 Å². The van der Waals surface area contributed by atoms with Gasteiger partial charge in [-0.3, -0.25) is 0 Å². The van der Waals surface area contributed by atoms with Crippen molar-refractivity contribution in [1.29, 1.82) is 0 Å². The first-order valence-corrected chi connectivity index (χ1v) is 6.81. The molecule has 1 aromatic carbocycles. The Bertz CT molecular complexity index is 459. The van der Waals surface area contributed by atoms with Crippen LogP contribution in [0.3, 0.4) is 0 Å². The van der Waals surface area contributed by atoms with Crippen molar-refractivity contribution in [2.75, 3.05) is 6.61 Å². The van der Waals surface area contributed by atoms with Crippen LogP contribution < -0.4 is 4.74 Å². The maximum absolute atomic E-state index is 10.7. The fraction of sp³-hybridized carbons (Fsp3) is 0.455. The molecule has 0 radical (unpaired) electrons. The van der Waals surface area contributed by atoms with E-state index in [9.17, 15) is 13.0 Å². The van der Waals surface area contributed by atoms with Crippen molar-refractivity contribution in [1.82, 2.24) is 0 Å². The summed E-state index contributed by atoms with van der Waals surface area (Å²) in [6.07, 6.45) is 2.63. The predicted molar refractivity (Wildman–Crippen MR) is 58.6 cm³/mol. The van der Waals surface area contributed by atoms with E-state index in [1.165, 1.54) is 24.3 Å². The molecule has 1 aliphatic heterocycles. The maximum Gasteiger partial charge on any atom is 0.199 e. The molecule has 17 heavy (non-hydrogen) atoms. The number of hydrogen-bond acceptors (Lipinski definition) is 5. The first-order chi connectivity index (χ1) is 8.05. The third-order valence-corrected chi connectivity index (χ3v) is 3.37. The third kappa shape index (κ3) is 3.42. The predicted octanol–water partition coefficient (Wildman–Crippen LogP) is 1.50. The fourth-order valence-corrected chi connectivity index (χ4v) is 2.11. The number of ether oxygens (including phenoxy) is 2. The van der Waals surface area contributed by atoms with Gasteiger partial charge in [-0.15, -0.1) is 0 Å². The molecule has 1 unspecified atom stereocenters. The van der Waals surface area contributed by atoms with Gasteiger partial charge in [0.05, 0.1) is 11.5 Å². The van der Waals surface area contributed by atoms with Crippen LogP contribution in [0.5, 0.6) is 5.75 Å². The summed E-state index contributed by atoms with van der Waals surface area (Å²) in [5, 5.41) is 0. The molecule has 1 atom stereocenters. The Morgan fingerprint density at radius 3 is 2.47 bits per heavy atom. The highest BCUT2D eigenvalue weighted by molar-refractivity contribution is 7.85. The summed E-state index contributed by atoms with van der Waals surface area (Å²) in [5.74, 6) is 0.504. The lowest BCUT2D eigenvalue weighted by molar-refractivity contribution is -0.105. The van der Waals surface area contributed by atoms with Crippen LogP contribution >= 0.6 is 0 Å². The van der Waals surface area contributed by atoms with Gasteiger partial charge in [0.1, 0.15) is 15.9 Å². The van der Waals surface area contributed by atoms with E-state index in [0.717, 1.165) is 19.3 Å². The van der Waals surface area contributed by atoms with Crippen LogP contribution in [0.1, 0.15) is 19.3 Å². The van der Waals surface area contributed by atoms with Gasteiger partial charge in [0.15, 0.2) is 6.29 Å². The Morgan fingerprint density at radius 1 is 1.24 bits per heavy atom. The van der Waals surface area contributed by atoms with Gasteiger partial charge in [0, 0.05) is 6.42 Å². The van der Waals surface area contributed by atoms with Gasteiger partial charge in [-0.05, 0) is 37.1 Å². The molecule has 1 aliphatic rings. The van der Waals surface area contributed by atoms with E-state index in [-0.39, 0.29) is 11.2 Å². The molecule has 1 heterocycles. The molecule has 0 N–H and O–H groups in total. The van der Waals surface area contributed by atoms with Crippen LogP contribution in [0.2, 0.25) is 0 Å². The molecular formula is C11H13O5S-. The quantitative estimate of drug-likeness (QED) is 0.767. The van der Waals surface area contributed by atoms with E-state index in [2.05, 4.69) is 0 Å². The van der Waals surface area contributed by atoms with Gasteiger partial charge in [-0.2, -0.15) is 0 Å². The molecule has 5 nitrogen and oxygen atoms in total. The molecule has 1 saturated heterocycles. The first kappa shape index (κ1) is 12.3. The lowest BCUT2D eigenvalue weighted by Gasteiger charge is -2.23. The molecule has 0 saturated carbocycles. The van der Waals surface area contributed by atoms with E-state index in [1.54, 1.807) is 0 Å². The summed E-state index contributed by atoms with van der Waals surface area (Å²) in [7, 11) is -4.39. The first-order valence-electron chi connectivity index (χ1n) is 5.40. The van der Waals surface area contributed by atoms with Crippen LogP contribution in [0.25, 0.3) is 0 Å². The van der Waals surface area contributed by atoms with Crippen molar-refractivity contribution >= 4 is 10.1 Å². The summed E-state index contributed by atoms with van der Waals surface area (Å²) in [6.45, 7) is 0.678. The molecular weight excluding hydrogens is 244 g/mol. The second-order valence-electron chi connectivity index (χ2n) is 3.84. The smallest absolute Gasteiger partial charge is 0.199 e. The second kappa shape index (κ2) is 5.03. The Kier molecular flexibility index (Phi) is 3.66. The second-order valence-corrected chi connectivity index (χ2v) is 5.22. The Labute approximate surface area is 100 Å². The van der Waals surface area contributed by atoms with Crippen molar-refractivity contribution < 1.29 is 22.4 Å². The van der Waals surface area contributed by atoms with Crippen molar-refractivity contribution in [2.24, 2.45) is 0 Å². The molecule has 0 spiro atoms. The summed E-state index contributed by atoms with van der Waals surface area (Å²) in [5.41, 5.74) is 0. The van der Waals surface area contributed by atoms with Gasteiger partial charge < -0.3 is 14.0 Å². The summed E-state index contributed by atoms with van der Waals surface area (Å²) >= 11 is 0. The average Bonchev–Trinajstić information content (AvgIpc) is 2.30. The minimum absolute atomic E-state index is 0.255. The SMILES string of the molecule is O=S(=O)([O-])c1ccc(OC2CCCCO2)cc1. The van der Waals surface area contributed by atoms with Crippen molar-refractivity contribution in [3.8, 4) is 5.75 Å². The van der Waals surface area contributed by atoms with E-state index in [0.29, 0.717) is 12.4 Å². The molecule has 0 amide bonds. The van der Waals surface area contributed by atoms with Gasteiger partial charge in [-0.25, -0.2) is 8.42 Å². The topological polar surface area (TPSA) is 75.7 Å². The van der Waals surface area contributed by atoms with Crippen molar-refractivity contribution in [3.63, 3.8) is 0 Å². The molecule has 1 aromatic rings. The maximum atomic E-state index is 10.7. The molecule has 1 fully saturated rings. The highest BCUT2D eigenvalue weighted by atomic mass is 32.2. The molecule has 6 heteroatoms. The normalized spacial score (nSPS) is 21.1. The lowest BCUT2D eigenvalue weighted by atomic mass is 10.2. The number of rotatable bonds is 3. The molecule has 0 aliphatic carbocycles. The highest BCUT2D eigenvalue weighted by Crippen LogP contribution is 2.20. The molecule has 94 valence electrons. The van der Waals surface area contributed by atoms with E-state index >= 15 is 0 Å². The molecule has 0 aromatic heterocycles. The van der Waals surface area contributed by atoms with E-state index in [1.807, 2.05) is 0 Å². The zero-order chi connectivity index (χ0) is 12.3. The van der Waals surface area contributed by atoms with Gasteiger partial charge in [0.2, 0.25) is 0 Å². The number of benzene rings is 1. The monoisotopic (exact) mass is 257 g/mol. The minimum atomic E-state index is -4.39. The van der Waals surface area contributed by atoms with Crippen LogP contribution in [0, 0.1) is 0 Å². The fourth-order valence-electron chi connectivity index (χ4n) is 1.64. The number of hydrogen-bond donors (Lipinski definition) is 0. The minimum Gasteiger partial charge on any atom is -0.744 e. The van der Waals surface area contributed by atoms with E-state index < -0.39 is 10.1 Å². The van der Waals surface area contributed by atoms with Crippen LogP contribution in [-0.2, 0) is 14.9 Å². The third-order valence-electron chi connectivity index (χ3n) is 2.52. The van der Waals surface area contributed by atoms with Crippen LogP contribution in [0.15, 0.2) is 29.2 Å². The molecule has 2 rings (SSSR count). The lowest BCUT2D eigenvalue weighted by Crippen LogP contribution is -2.24. The Morgan fingerprint density at radius 2 is 1.94 bits per heavy atom. The Hall–Kier alpha value is -1.11. The standard InChI is InChI=1S/C11H14O5S/c12-17(13,14)10-6-4-9(5-7-10)16-11-3-1-2-8-15-11/h4-7,11H,1-3,8H2,(H,12,13,14)/p-1. The zero-order valence-corrected chi connectivity index (χ0v) is 9.98. The summed E-state index contributed by atoms with van der Waals surface area (Å²) in [4.78, 5) is -0.255. The van der Waals surface area contributed by atoms with Gasteiger partial charge in [-0.1, -0.05) is 0 Å². The largest absolute Gasteiger partial charge is 0.744 e. The van der Waals surface area contributed by atoms with Crippen LogP contribution in [0.4, 0.5) is 0 Å². The van der Waals surface area contributed by atoms with Crippen molar-refractivity contribution in [2.45, 2.75) is 30.4 Å². The average molecular weight is 257 g/mol. The highest BCUT2D eigenvalue weighted by Gasteiger charge is 2.15. The van der Waals surface area contributed by atoms with Gasteiger partial charge in [0.25, 0.3) is 0 Å². The summed E-state index contributed by atoms with van der Waals surface area (Å²) in [6, 6.07) is 5.40.